The van der Waals surface area contributed by atoms with Crippen molar-refractivity contribution in [1.82, 2.24) is 14.6 Å². The minimum Gasteiger partial charge on any atom is -0.368 e. The van der Waals surface area contributed by atoms with Gasteiger partial charge in [-0.25, -0.2) is 9.50 Å². The molecule has 0 bridgehead atoms. The van der Waals surface area contributed by atoms with Gasteiger partial charge in [-0.15, -0.1) is 0 Å². The molecule has 2 atom stereocenters. The number of nitrogens with zero attached hydrogens (tertiary/aromatic N) is 3. The van der Waals surface area contributed by atoms with E-state index >= 15 is 0 Å². The van der Waals surface area contributed by atoms with Crippen LogP contribution >= 0.6 is 0 Å². The van der Waals surface area contributed by atoms with Gasteiger partial charge in [-0.05, 0) is 31.7 Å². The molecule has 1 aliphatic rings. The van der Waals surface area contributed by atoms with Crippen LogP contribution in [0.25, 0.3) is 5.52 Å². The SMILES string of the molecule is Cc1cc2c(NCC3CCCC3N)nccn2n1. The molecule has 0 aromatic carbocycles. The van der Waals surface area contributed by atoms with Crippen LogP contribution in [0.3, 0.4) is 0 Å². The third kappa shape index (κ3) is 2.06. The first kappa shape index (κ1) is 11.5. The highest BCUT2D eigenvalue weighted by Crippen LogP contribution is 2.24. The van der Waals surface area contributed by atoms with Gasteiger partial charge in [0.05, 0.1) is 5.69 Å². The van der Waals surface area contributed by atoms with Gasteiger partial charge in [0, 0.05) is 25.0 Å². The highest BCUT2D eigenvalue weighted by molar-refractivity contribution is 5.67. The topological polar surface area (TPSA) is 68.2 Å². The Kier molecular flexibility index (Phi) is 2.91. The Labute approximate surface area is 106 Å². The second-order valence-electron chi connectivity index (χ2n) is 5.13. The predicted molar refractivity (Wildman–Crippen MR) is 71.5 cm³/mol. The number of aromatic nitrogens is 3. The first-order valence-corrected chi connectivity index (χ1v) is 6.54. The van der Waals surface area contributed by atoms with E-state index in [0.717, 1.165) is 30.0 Å². The van der Waals surface area contributed by atoms with Crippen LogP contribution in [-0.4, -0.2) is 27.2 Å². The summed E-state index contributed by atoms with van der Waals surface area (Å²) in [6.45, 7) is 2.89. The van der Waals surface area contributed by atoms with Crippen molar-refractivity contribution in [3.05, 3.63) is 24.2 Å². The van der Waals surface area contributed by atoms with Gasteiger partial charge in [0.15, 0.2) is 5.82 Å². The van der Waals surface area contributed by atoms with Crippen LogP contribution < -0.4 is 11.1 Å². The molecule has 5 nitrogen and oxygen atoms in total. The molecule has 2 heterocycles. The van der Waals surface area contributed by atoms with Crippen molar-refractivity contribution >= 4 is 11.3 Å². The number of aryl methyl sites for hydroxylation is 1. The summed E-state index contributed by atoms with van der Waals surface area (Å²) in [5.41, 5.74) is 8.11. The largest absolute Gasteiger partial charge is 0.368 e. The van der Waals surface area contributed by atoms with Crippen molar-refractivity contribution in [3.63, 3.8) is 0 Å². The Morgan fingerprint density at radius 1 is 1.50 bits per heavy atom. The molecule has 0 saturated heterocycles. The molecular weight excluding hydrogens is 226 g/mol. The van der Waals surface area contributed by atoms with E-state index in [2.05, 4.69) is 15.4 Å². The summed E-state index contributed by atoms with van der Waals surface area (Å²) in [5, 5.41) is 7.80. The van der Waals surface area contributed by atoms with Crippen molar-refractivity contribution in [3.8, 4) is 0 Å². The molecule has 96 valence electrons. The number of rotatable bonds is 3. The van der Waals surface area contributed by atoms with Gasteiger partial charge < -0.3 is 11.1 Å². The lowest BCUT2D eigenvalue weighted by molar-refractivity contribution is 0.504. The number of anilines is 1. The third-order valence-corrected chi connectivity index (χ3v) is 3.76. The van der Waals surface area contributed by atoms with Gasteiger partial charge in [0.25, 0.3) is 0 Å². The maximum atomic E-state index is 6.08. The standard InChI is InChI=1S/C13H19N5/c1-9-7-12-13(15-5-6-18(12)17-9)16-8-10-3-2-4-11(10)14/h5-7,10-11H,2-4,8,14H2,1H3,(H,15,16). The van der Waals surface area contributed by atoms with Gasteiger partial charge in [-0.1, -0.05) is 6.42 Å². The van der Waals surface area contributed by atoms with E-state index < -0.39 is 0 Å². The fourth-order valence-electron chi connectivity index (χ4n) is 2.73. The zero-order chi connectivity index (χ0) is 12.5. The van der Waals surface area contributed by atoms with E-state index in [-0.39, 0.29) is 0 Å². The van der Waals surface area contributed by atoms with Crippen LogP contribution in [0.5, 0.6) is 0 Å². The number of nitrogens with one attached hydrogen (secondary N) is 1. The van der Waals surface area contributed by atoms with Crippen LogP contribution in [0.2, 0.25) is 0 Å². The summed E-state index contributed by atoms with van der Waals surface area (Å²) >= 11 is 0. The lowest BCUT2D eigenvalue weighted by atomic mass is 10.1. The van der Waals surface area contributed by atoms with E-state index in [1.165, 1.54) is 12.8 Å². The third-order valence-electron chi connectivity index (χ3n) is 3.76. The Morgan fingerprint density at radius 2 is 2.39 bits per heavy atom. The lowest BCUT2D eigenvalue weighted by Crippen LogP contribution is -2.29. The highest BCUT2D eigenvalue weighted by Gasteiger charge is 2.23. The maximum Gasteiger partial charge on any atom is 0.152 e. The zero-order valence-electron chi connectivity index (χ0n) is 10.6. The summed E-state index contributed by atoms with van der Waals surface area (Å²) < 4.78 is 1.86. The molecule has 2 aromatic rings. The van der Waals surface area contributed by atoms with Crippen LogP contribution in [0, 0.1) is 12.8 Å². The molecule has 3 rings (SSSR count). The number of hydrogen-bond donors (Lipinski definition) is 2. The van der Waals surface area contributed by atoms with Gasteiger partial charge >= 0.3 is 0 Å². The molecule has 1 aliphatic carbocycles. The van der Waals surface area contributed by atoms with E-state index in [4.69, 9.17) is 5.73 Å². The summed E-state index contributed by atoms with van der Waals surface area (Å²) in [6.07, 6.45) is 7.26. The van der Waals surface area contributed by atoms with Gasteiger partial charge in [-0.2, -0.15) is 5.10 Å². The Balaban J connectivity index is 1.78. The van der Waals surface area contributed by atoms with E-state index in [0.29, 0.717) is 12.0 Å². The number of nitrogens with two attached hydrogens (primary N) is 1. The lowest BCUT2D eigenvalue weighted by Gasteiger charge is -2.16. The van der Waals surface area contributed by atoms with Crippen LogP contribution in [0.1, 0.15) is 25.0 Å². The van der Waals surface area contributed by atoms with Gasteiger partial charge in [0.1, 0.15) is 5.52 Å². The predicted octanol–water partition coefficient (Wildman–Crippen LogP) is 1.58. The van der Waals surface area contributed by atoms with Gasteiger partial charge in [0.2, 0.25) is 0 Å². The van der Waals surface area contributed by atoms with Crippen molar-refractivity contribution < 1.29 is 0 Å². The van der Waals surface area contributed by atoms with E-state index in [1.807, 2.05) is 23.7 Å². The summed E-state index contributed by atoms with van der Waals surface area (Å²) in [6, 6.07) is 2.38. The first-order valence-electron chi connectivity index (χ1n) is 6.54. The van der Waals surface area contributed by atoms with Crippen molar-refractivity contribution in [1.29, 1.82) is 0 Å². The quantitative estimate of drug-likeness (QED) is 0.861. The Hall–Kier alpha value is -1.62. The first-order chi connectivity index (χ1) is 8.74. The molecule has 5 heteroatoms. The highest BCUT2D eigenvalue weighted by atomic mass is 15.2. The molecule has 2 aromatic heterocycles. The number of hydrogen-bond acceptors (Lipinski definition) is 4. The molecule has 0 radical (unpaired) electrons. The monoisotopic (exact) mass is 245 g/mol. The molecule has 3 N–H and O–H groups in total. The van der Waals surface area contributed by atoms with Crippen molar-refractivity contribution in [2.45, 2.75) is 32.2 Å². The fourth-order valence-corrected chi connectivity index (χ4v) is 2.73. The zero-order valence-corrected chi connectivity index (χ0v) is 10.6. The molecular formula is C13H19N5. The normalized spacial score (nSPS) is 23.7. The van der Waals surface area contributed by atoms with Crippen molar-refractivity contribution in [2.24, 2.45) is 11.7 Å². The molecule has 0 amide bonds. The summed E-state index contributed by atoms with van der Waals surface area (Å²) in [5.74, 6) is 1.47. The smallest absolute Gasteiger partial charge is 0.152 e. The van der Waals surface area contributed by atoms with Crippen molar-refractivity contribution in [2.75, 3.05) is 11.9 Å². The average Bonchev–Trinajstić information content (AvgIpc) is 2.91. The Morgan fingerprint density at radius 3 is 3.17 bits per heavy atom. The number of fused-ring (bicyclic) bond motifs is 1. The molecule has 18 heavy (non-hydrogen) atoms. The molecule has 0 spiro atoms. The summed E-state index contributed by atoms with van der Waals surface area (Å²) in [4.78, 5) is 4.39. The summed E-state index contributed by atoms with van der Waals surface area (Å²) in [7, 11) is 0. The van der Waals surface area contributed by atoms with Crippen LogP contribution in [0.4, 0.5) is 5.82 Å². The molecule has 1 saturated carbocycles. The minimum absolute atomic E-state index is 0.337. The van der Waals surface area contributed by atoms with E-state index in [9.17, 15) is 0 Å². The maximum absolute atomic E-state index is 6.08. The van der Waals surface area contributed by atoms with Gasteiger partial charge in [-0.3, -0.25) is 0 Å². The minimum atomic E-state index is 0.337. The second-order valence-corrected chi connectivity index (χ2v) is 5.13. The Bertz CT molecular complexity index is 547. The average molecular weight is 245 g/mol. The van der Waals surface area contributed by atoms with Crippen LogP contribution in [0.15, 0.2) is 18.5 Å². The molecule has 0 aliphatic heterocycles. The molecule has 1 fully saturated rings. The van der Waals surface area contributed by atoms with Crippen LogP contribution in [-0.2, 0) is 0 Å². The van der Waals surface area contributed by atoms with E-state index in [1.54, 1.807) is 6.20 Å². The second kappa shape index (κ2) is 4.57. The fraction of sp³-hybridized carbons (Fsp3) is 0.538. The molecule has 2 unspecified atom stereocenters.